The molecule has 2 atom stereocenters. The summed E-state index contributed by atoms with van der Waals surface area (Å²) in [4.78, 5) is 0. The summed E-state index contributed by atoms with van der Waals surface area (Å²) in [6.45, 7) is 4.09. The van der Waals surface area contributed by atoms with Gasteiger partial charge in [-0.3, -0.25) is 0 Å². The van der Waals surface area contributed by atoms with Gasteiger partial charge in [0.1, 0.15) is 5.75 Å². The number of aliphatic hydroxyl groups excluding tert-OH is 1. The predicted octanol–water partition coefficient (Wildman–Crippen LogP) is 3.35. The molecule has 0 radical (unpaired) electrons. The SMILES string of the molecule is COc1ccc(C)cc1C(O)C(C)NC1CCCCC1. The van der Waals surface area contributed by atoms with Gasteiger partial charge in [0, 0.05) is 17.6 Å². The molecule has 3 heteroatoms. The fraction of sp³-hybridized carbons (Fsp3) is 0.647. The fourth-order valence-electron chi connectivity index (χ4n) is 3.09. The number of ether oxygens (including phenoxy) is 1. The normalized spacial score (nSPS) is 19.6. The molecule has 0 spiro atoms. The van der Waals surface area contributed by atoms with Crippen molar-refractivity contribution in [3.05, 3.63) is 29.3 Å². The molecule has 1 aliphatic carbocycles. The Kier molecular flexibility index (Phi) is 5.44. The van der Waals surface area contributed by atoms with Gasteiger partial charge in [-0.1, -0.05) is 30.9 Å². The van der Waals surface area contributed by atoms with E-state index in [2.05, 4.69) is 12.2 Å². The van der Waals surface area contributed by atoms with Crippen molar-refractivity contribution < 1.29 is 9.84 Å². The van der Waals surface area contributed by atoms with Gasteiger partial charge in [0.2, 0.25) is 0 Å². The van der Waals surface area contributed by atoms with Crippen molar-refractivity contribution in [1.82, 2.24) is 5.32 Å². The van der Waals surface area contributed by atoms with Crippen LogP contribution < -0.4 is 10.1 Å². The Hall–Kier alpha value is -1.06. The minimum absolute atomic E-state index is 0.0359. The molecule has 0 saturated heterocycles. The standard InChI is InChI=1S/C17H27NO2/c1-12-9-10-16(20-3)15(11-12)17(19)13(2)18-14-7-5-4-6-8-14/h9-11,13-14,17-19H,4-8H2,1-3H3. The molecular formula is C17H27NO2. The first-order chi connectivity index (χ1) is 9.61. The number of hydrogen-bond acceptors (Lipinski definition) is 3. The number of rotatable bonds is 5. The molecule has 0 aliphatic heterocycles. The van der Waals surface area contributed by atoms with Crippen LogP contribution >= 0.6 is 0 Å². The molecule has 1 aromatic rings. The van der Waals surface area contributed by atoms with Crippen LogP contribution in [0.15, 0.2) is 18.2 Å². The summed E-state index contributed by atoms with van der Waals surface area (Å²) in [7, 11) is 1.65. The van der Waals surface area contributed by atoms with Crippen LogP contribution in [0.5, 0.6) is 5.75 Å². The first kappa shape index (κ1) is 15.3. The average molecular weight is 277 g/mol. The lowest BCUT2D eigenvalue weighted by Gasteiger charge is -2.29. The molecule has 2 unspecified atom stereocenters. The maximum absolute atomic E-state index is 10.6. The third-order valence-electron chi connectivity index (χ3n) is 4.28. The van der Waals surface area contributed by atoms with Crippen molar-refractivity contribution in [1.29, 1.82) is 0 Å². The van der Waals surface area contributed by atoms with Crippen LogP contribution in [0, 0.1) is 6.92 Å². The van der Waals surface area contributed by atoms with E-state index in [9.17, 15) is 5.11 Å². The summed E-state index contributed by atoms with van der Waals surface area (Å²) in [5.74, 6) is 0.764. The molecule has 0 heterocycles. The highest BCUT2D eigenvalue weighted by molar-refractivity contribution is 5.39. The molecule has 0 aromatic heterocycles. The molecule has 112 valence electrons. The zero-order chi connectivity index (χ0) is 14.5. The van der Waals surface area contributed by atoms with E-state index < -0.39 is 6.10 Å². The quantitative estimate of drug-likeness (QED) is 0.867. The molecule has 2 N–H and O–H groups in total. The molecule has 1 fully saturated rings. The molecule has 1 aliphatic rings. The molecular weight excluding hydrogens is 250 g/mol. The molecule has 1 saturated carbocycles. The molecule has 2 rings (SSSR count). The summed E-state index contributed by atoms with van der Waals surface area (Å²) in [6, 6.07) is 6.54. The second-order valence-electron chi connectivity index (χ2n) is 5.98. The molecule has 1 aromatic carbocycles. The Morgan fingerprint density at radius 1 is 1.25 bits per heavy atom. The van der Waals surface area contributed by atoms with Gasteiger partial charge in [-0.2, -0.15) is 0 Å². The smallest absolute Gasteiger partial charge is 0.124 e. The minimum Gasteiger partial charge on any atom is -0.496 e. The van der Waals surface area contributed by atoms with Crippen LogP contribution in [-0.2, 0) is 0 Å². The Balaban J connectivity index is 2.05. The largest absolute Gasteiger partial charge is 0.496 e. The average Bonchev–Trinajstić information content (AvgIpc) is 2.47. The monoisotopic (exact) mass is 277 g/mol. The van der Waals surface area contributed by atoms with Gasteiger partial charge >= 0.3 is 0 Å². The van der Waals surface area contributed by atoms with Gasteiger partial charge in [0.15, 0.2) is 0 Å². The second kappa shape index (κ2) is 7.09. The lowest BCUT2D eigenvalue weighted by atomic mass is 9.93. The molecule has 20 heavy (non-hydrogen) atoms. The van der Waals surface area contributed by atoms with Crippen molar-refractivity contribution in [3.63, 3.8) is 0 Å². The summed E-state index contributed by atoms with van der Waals surface area (Å²) >= 11 is 0. The van der Waals surface area contributed by atoms with Crippen LogP contribution in [0.25, 0.3) is 0 Å². The molecule has 0 amide bonds. The Bertz CT molecular complexity index is 427. The number of aliphatic hydroxyl groups is 1. The van der Waals surface area contributed by atoms with E-state index in [1.54, 1.807) is 7.11 Å². The maximum atomic E-state index is 10.6. The first-order valence-electron chi connectivity index (χ1n) is 7.70. The van der Waals surface area contributed by atoms with Crippen LogP contribution in [-0.4, -0.2) is 24.3 Å². The van der Waals surface area contributed by atoms with Gasteiger partial charge in [0.05, 0.1) is 13.2 Å². The van der Waals surface area contributed by atoms with Gasteiger partial charge in [-0.15, -0.1) is 0 Å². The van der Waals surface area contributed by atoms with Crippen molar-refractivity contribution in [2.24, 2.45) is 0 Å². The van der Waals surface area contributed by atoms with E-state index in [1.807, 2.05) is 25.1 Å². The molecule has 0 bridgehead atoms. The van der Waals surface area contributed by atoms with Gasteiger partial charge < -0.3 is 15.2 Å². The lowest BCUT2D eigenvalue weighted by molar-refractivity contribution is 0.122. The Morgan fingerprint density at radius 3 is 2.60 bits per heavy atom. The Labute approximate surface area is 122 Å². The van der Waals surface area contributed by atoms with E-state index in [1.165, 1.54) is 32.1 Å². The van der Waals surface area contributed by atoms with Crippen molar-refractivity contribution in [2.45, 2.75) is 64.1 Å². The predicted molar refractivity (Wildman–Crippen MR) is 82.2 cm³/mol. The van der Waals surface area contributed by atoms with Crippen molar-refractivity contribution >= 4 is 0 Å². The van der Waals surface area contributed by atoms with Crippen LogP contribution in [0.1, 0.15) is 56.3 Å². The van der Waals surface area contributed by atoms with Gasteiger partial charge in [0.25, 0.3) is 0 Å². The summed E-state index contributed by atoms with van der Waals surface area (Å²) in [5, 5.41) is 14.2. The third kappa shape index (κ3) is 3.74. The molecule has 3 nitrogen and oxygen atoms in total. The first-order valence-corrected chi connectivity index (χ1v) is 7.70. The van der Waals surface area contributed by atoms with E-state index >= 15 is 0 Å². The highest BCUT2D eigenvalue weighted by Crippen LogP contribution is 2.29. The number of methoxy groups -OCH3 is 1. The van der Waals surface area contributed by atoms with E-state index in [4.69, 9.17) is 4.74 Å². The van der Waals surface area contributed by atoms with Crippen LogP contribution in [0.2, 0.25) is 0 Å². The number of benzene rings is 1. The summed E-state index contributed by atoms with van der Waals surface area (Å²) in [5.41, 5.74) is 2.02. The minimum atomic E-state index is -0.535. The van der Waals surface area contributed by atoms with E-state index in [-0.39, 0.29) is 6.04 Å². The lowest BCUT2D eigenvalue weighted by Crippen LogP contribution is -2.41. The second-order valence-corrected chi connectivity index (χ2v) is 5.98. The number of aryl methyl sites for hydroxylation is 1. The Morgan fingerprint density at radius 2 is 1.95 bits per heavy atom. The zero-order valence-electron chi connectivity index (χ0n) is 12.9. The van der Waals surface area contributed by atoms with E-state index in [0.717, 1.165) is 16.9 Å². The number of nitrogens with one attached hydrogen (secondary N) is 1. The van der Waals surface area contributed by atoms with Gasteiger partial charge in [-0.05, 0) is 38.8 Å². The van der Waals surface area contributed by atoms with Crippen LogP contribution in [0.4, 0.5) is 0 Å². The summed E-state index contributed by atoms with van der Waals surface area (Å²) < 4.78 is 5.37. The highest BCUT2D eigenvalue weighted by atomic mass is 16.5. The van der Waals surface area contributed by atoms with Crippen molar-refractivity contribution in [3.8, 4) is 5.75 Å². The van der Waals surface area contributed by atoms with E-state index in [0.29, 0.717) is 6.04 Å². The zero-order valence-corrected chi connectivity index (χ0v) is 12.9. The number of hydrogen-bond donors (Lipinski definition) is 2. The highest BCUT2D eigenvalue weighted by Gasteiger charge is 2.23. The van der Waals surface area contributed by atoms with Crippen LogP contribution in [0.3, 0.4) is 0 Å². The third-order valence-corrected chi connectivity index (χ3v) is 4.28. The maximum Gasteiger partial charge on any atom is 0.124 e. The topological polar surface area (TPSA) is 41.5 Å². The summed E-state index contributed by atoms with van der Waals surface area (Å²) in [6.07, 6.45) is 5.86. The van der Waals surface area contributed by atoms with Crippen molar-refractivity contribution in [2.75, 3.05) is 7.11 Å². The van der Waals surface area contributed by atoms with Gasteiger partial charge in [-0.25, -0.2) is 0 Å². The fourth-order valence-corrected chi connectivity index (χ4v) is 3.09.